The van der Waals surface area contributed by atoms with E-state index in [0.29, 0.717) is 0 Å². The van der Waals surface area contributed by atoms with Gasteiger partial charge in [-0.15, -0.1) is 0 Å². The zero-order chi connectivity index (χ0) is 20.3. The number of thiocarbonyl (C=S) groups is 1. The van der Waals surface area contributed by atoms with Crippen LogP contribution in [0.15, 0.2) is 54.6 Å². The average Bonchev–Trinajstić information content (AvgIpc) is 3.18. The largest absolute Gasteiger partial charge is 0.497 e. The quantitative estimate of drug-likeness (QED) is 0.742. The maximum Gasteiger partial charge on any atom is 0.173 e. The zero-order valence-corrected chi connectivity index (χ0v) is 17.4. The van der Waals surface area contributed by atoms with Gasteiger partial charge in [0.05, 0.1) is 19.9 Å². The van der Waals surface area contributed by atoms with Crippen LogP contribution in [0.5, 0.6) is 11.5 Å². The van der Waals surface area contributed by atoms with Crippen molar-refractivity contribution >= 4 is 28.7 Å². The van der Waals surface area contributed by atoms with Gasteiger partial charge in [-0.25, -0.2) is 0 Å². The fraction of sp³-hybridized carbons (Fsp3) is 0.318. The molecule has 6 nitrogen and oxygen atoms in total. The Labute approximate surface area is 176 Å². The number of ether oxygens (including phenoxy) is 2. The molecule has 0 amide bonds. The molecule has 2 aliphatic rings. The van der Waals surface area contributed by atoms with Crippen LogP contribution in [-0.4, -0.2) is 42.9 Å². The van der Waals surface area contributed by atoms with E-state index in [1.165, 1.54) is 0 Å². The first-order chi connectivity index (χ1) is 14.1. The van der Waals surface area contributed by atoms with Gasteiger partial charge in [0.2, 0.25) is 0 Å². The fourth-order valence-electron chi connectivity index (χ4n) is 3.65. The van der Waals surface area contributed by atoms with Crippen molar-refractivity contribution in [1.29, 1.82) is 0 Å². The molecule has 1 spiro atoms. The van der Waals surface area contributed by atoms with Crippen LogP contribution >= 0.6 is 12.2 Å². The standard InChI is InChI=1S/C22H25N3O3S/c1-26-18-7-3-5-16(13-18)20-15-22(28-24-20)9-11-25(12-10-22)21(29)23-17-6-4-8-19(14-17)27-2/h3-8,13-15,24H,9-12H2,1-2H3,(H,23,29). The number of hydrogen-bond donors (Lipinski definition) is 2. The molecule has 0 bridgehead atoms. The van der Waals surface area contributed by atoms with Gasteiger partial charge in [-0.1, -0.05) is 18.2 Å². The number of methoxy groups -OCH3 is 2. The summed E-state index contributed by atoms with van der Waals surface area (Å²) < 4.78 is 10.6. The van der Waals surface area contributed by atoms with E-state index in [0.717, 1.165) is 59.5 Å². The number of likely N-dealkylation sites (tertiary alicyclic amines) is 1. The molecular formula is C22H25N3O3S. The van der Waals surface area contributed by atoms with Crippen molar-refractivity contribution in [3.63, 3.8) is 0 Å². The molecule has 0 aromatic heterocycles. The topological polar surface area (TPSA) is 55.0 Å². The lowest BCUT2D eigenvalue weighted by Crippen LogP contribution is -2.48. The summed E-state index contributed by atoms with van der Waals surface area (Å²) in [7, 11) is 3.33. The number of rotatable bonds is 4. The lowest BCUT2D eigenvalue weighted by atomic mass is 9.90. The minimum Gasteiger partial charge on any atom is -0.497 e. The van der Waals surface area contributed by atoms with Gasteiger partial charge in [0.15, 0.2) is 5.11 Å². The molecule has 7 heteroatoms. The van der Waals surface area contributed by atoms with Gasteiger partial charge < -0.3 is 19.7 Å². The van der Waals surface area contributed by atoms with Crippen molar-refractivity contribution in [2.75, 3.05) is 32.6 Å². The Morgan fingerprint density at radius 1 is 1.07 bits per heavy atom. The second-order valence-electron chi connectivity index (χ2n) is 7.21. The molecule has 0 radical (unpaired) electrons. The SMILES string of the molecule is COc1cccc(NC(=S)N2CCC3(C=C(c4cccc(OC)c4)NO3)CC2)c1. The van der Waals surface area contributed by atoms with Crippen LogP contribution in [0, 0.1) is 0 Å². The molecule has 152 valence electrons. The maximum absolute atomic E-state index is 6.01. The second kappa shape index (κ2) is 8.31. The molecule has 29 heavy (non-hydrogen) atoms. The number of hydrogen-bond acceptors (Lipinski definition) is 5. The molecule has 0 unspecified atom stereocenters. The van der Waals surface area contributed by atoms with E-state index >= 15 is 0 Å². The highest BCUT2D eigenvalue weighted by Crippen LogP contribution is 2.35. The van der Waals surface area contributed by atoms with E-state index in [4.69, 9.17) is 26.5 Å². The third-order valence-electron chi connectivity index (χ3n) is 5.37. The summed E-state index contributed by atoms with van der Waals surface area (Å²) in [6.07, 6.45) is 3.90. The normalized spacial score (nSPS) is 17.4. The van der Waals surface area contributed by atoms with Crippen molar-refractivity contribution in [3.05, 3.63) is 60.2 Å². The Balaban J connectivity index is 1.38. The number of benzene rings is 2. The third-order valence-corrected chi connectivity index (χ3v) is 5.73. The smallest absolute Gasteiger partial charge is 0.173 e. The Kier molecular flexibility index (Phi) is 5.60. The zero-order valence-electron chi connectivity index (χ0n) is 16.6. The van der Waals surface area contributed by atoms with Gasteiger partial charge in [0, 0.05) is 43.2 Å². The monoisotopic (exact) mass is 411 g/mol. The minimum absolute atomic E-state index is 0.305. The summed E-state index contributed by atoms with van der Waals surface area (Å²) in [4.78, 5) is 8.19. The Bertz CT molecular complexity index is 923. The van der Waals surface area contributed by atoms with Gasteiger partial charge in [0.25, 0.3) is 0 Å². The number of nitrogens with one attached hydrogen (secondary N) is 2. The molecule has 2 heterocycles. The molecule has 4 rings (SSSR count). The molecule has 0 saturated carbocycles. The fourth-order valence-corrected chi connectivity index (χ4v) is 3.95. The minimum atomic E-state index is -0.305. The molecule has 2 aromatic rings. The van der Waals surface area contributed by atoms with Crippen LogP contribution in [0.1, 0.15) is 18.4 Å². The lowest BCUT2D eigenvalue weighted by Gasteiger charge is -2.37. The van der Waals surface area contributed by atoms with Crippen molar-refractivity contribution in [2.24, 2.45) is 0 Å². The Morgan fingerprint density at radius 2 is 1.76 bits per heavy atom. The number of anilines is 1. The van der Waals surface area contributed by atoms with Crippen molar-refractivity contribution in [3.8, 4) is 11.5 Å². The first-order valence-corrected chi connectivity index (χ1v) is 10.0. The summed E-state index contributed by atoms with van der Waals surface area (Å²) in [5, 5.41) is 4.02. The summed E-state index contributed by atoms with van der Waals surface area (Å²) in [5.41, 5.74) is 5.76. The summed E-state index contributed by atoms with van der Waals surface area (Å²) in [5.74, 6) is 1.63. The highest BCUT2D eigenvalue weighted by atomic mass is 32.1. The van der Waals surface area contributed by atoms with Crippen LogP contribution in [0.3, 0.4) is 0 Å². The van der Waals surface area contributed by atoms with Gasteiger partial charge in [-0.05, 0) is 42.6 Å². The first kappa shape index (κ1) is 19.5. The number of nitrogens with zero attached hydrogens (tertiary/aromatic N) is 1. The predicted octanol–water partition coefficient (Wildman–Crippen LogP) is 3.81. The van der Waals surface area contributed by atoms with E-state index in [2.05, 4.69) is 21.8 Å². The van der Waals surface area contributed by atoms with E-state index in [1.807, 2.05) is 48.5 Å². The average molecular weight is 412 g/mol. The Morgan fingerprint density at radius 3 is 2.48 bits per heavy atom. The van der Waals surface area contributed by atoms with Gasteiger partial charge in [-0.2, -0.15) is 0 Å². The predicted molar refractivity (Wildman–Crippen MR) is 118 cm³/mol. The Hall–Kier alpha value is -2.77. The van der Waals surface area contributed by atoms with E-state index in [1.54, 1.807) is 14.2 Å². The van der Waals surface area contributed by atoms with E-state index in [9.17, 15) is 0 Å². The summed E-state index contributed by atoms with van der Waals surface area (Å²) in [6, 6.07) is 15.7. The molecule has 2 N–H and O–H groups in total. The van der Waals surface area contributed by atoms with Gasteiger partial charge >= 0.3 is 0 Å². The van der Waals surface area contributed by atoms with Crippen molar-refractivity contribution in [1.82, 2.24) is 10.4 Å². The van der Waals surface area contributed by atoms with Crippen LogP contribution in [0.2, 0.25) is 0 Å². The van der Waals surface area contributed by atoms with E-state index < -0.39 is 0 Å². The van der Waals surface area contributed by atoms with Crippen molar-refractivity contribution < 1.29 is 14.3 Å². The highest BCUT2D eigenvalue weighted by molar-refractivity contribution is 7.80. The van der Waals surface area contributed by atoms with Crippen LogP contribution in [0.25, 0.3) is 5.70 Å². The molecule has 0 aliphatic carbocycles. The summed E-state index contributed by atoms with van der Waals surface area (Å²) in [6.45, 7) is 1.64. The second-order valence-corrected chi connectivity index (χ2v) is 7.59. The van der Waals surface area contributed by atoms with Crippen LogP contribution < -0.4 is 20.3 Å². The first-order valence-electron chi connectivity index (χ1n) is 9.62. The number of hydroxylamine groups is 1. The van der Waals surface area contributed by atoms with Crippen LogP contribution in [-0.2, 0) is 4.84 Å². The molecule has 0 atom stereocenters. The van der Waals surface area contributed by atoms with Crippen LogP contribution in [0.4, 0.5) is 5.69 Å². The molecular weight excluding hydrogens is 386 g/mol. The summed E-state index contributed by atoms with van der Waals surface area (Å²) >= 11 is 5.61. The van der Waals surface area contributed by atoms with Gasteiger partial charge in [-0.3, -0.25) is 10.3 Å². The van der Waals surface area contributed by atoms with E-state index in [-0.39, 0.29) is 5.60 Å². The molecule has 1 fully saturated rings. The maximum atomic E-state index is 6.01. The highest BCUT2D eigenvalue weighted by Gasteiger charge is 2.39. The third kappa shape index (κ3) is 4.31. The molecule has 2 aromatic carbocycles. The molecule has 2 aliphatic heterocycles. The molecule has 1 saturated heterocycles. The number of piperidine rings is 1. The van der Waals surface area contributed by atoms with Gasteiger partial charge in [0.1, 0.15) is 17.1 Å². The lowest BCUT2D eigenvalue weighted by molar-refractivity contribution is -0.0615. The van der Waals surface area contributed by atoms with Crippen molar-refractivity contribution in [2.45, 2.75) is 18.4 Å².